The summed E-state index contributed by atoms with van der Waals surface area (Å²) in [6, 6.07) is 19.8. The van der Waals surface area contributed by atoms with E-state index in [1.807, 2.05) is 23.7 Å². The fourth-order valence-electron chi connectivity index (χ4n) is 3.27. The molecule has 1 fully saturated rings. The van der Waals surface area contributed by atoms with Gasteiger partial charge in [0, 0.05) is 54.4 Å². The van der Waals surface area contributed by atoms with E-state index in [9.17, 15) is 0 Å². The first kappa shape index (κ1) is 15.5. The van der Waals surface area contributed by atoms with Crippen LogP contribution in [0.25, 0.3) is 10.4 Å². The number of thiophene rings is 1. The van der Waals surface area contributed by atoms with Crippen LogP contribution in [0.3, 0.4) is 0 Å². The van der Waals surface area contributed by atoms with Gasteiger partial charge in [0.05, 0.1) is 0 Å². The molecule has 3 aromatic rings. The molecule has 1 aromatic carbocycles. The van der Waals surface area contributed by atoms with E-state index < -0.39 is 0 Å². The van der Waals surface area contributed by atoms with E-state index in [0.717, 1.165) is 26.2 Å². The van der Waals surface area contributed by atoms with Crippen molar-refractivity contribution in [3.05, 3.63) is 77.4 Å². The third-order valence-electron chi connectivity index (χ3n) is 4.52. The molecule has 3 heterocycles. The minimum absolute atomic E-state index is 0.420. The number of piperazine rings is 1. The monoisotopic (exact) mass is 335 g/mol. The van der Waals surface area contributed by atoms with Gasteiger partial charge in [-0.3, -0.25) is 9.88 Å². The zero-order valence-electron chi connectivity index (χ0n) is 13.6. The second-order valence-corrected chi connectivity index (χ2v) is 7.27. The van der Waals surface area contributed by atoms with Crippen molar-refractivity contribution in [1.82, 2.24) is 15.2 Å². The Labute approximate surface area is 147 Å². The molecular weight excluding hydrogens is 314 g/mol. The molecule has 122 valence electrons. The fourth-order valence-corrected chi connectivity index (χ4v) is 4.31. The first-order chi connectivity index (χ1) is 11.9. The van der Waals surface area contributed by atoms with E-state index >= 15 is 0 Å². The van der Waals surface area contributed by atoms with Crippen LogP contribution in [-0.2, 0) is 6.54 Å². The minimum Gasteiger partial charge on any atom is -0.314 e. The normalized spacial score (nSPS) is 18.6. The van der Waals surface area contributed by atoms with E-state index in [2.05, 4.69) is 69.8 Å². The quantitative estimate of drug-likeness (QED) is 0.782. The van der Waals surface area contributed by atoms with Gasteiger partial charge in [-0.15, -0.1) is 11.3 Å². The van der Waals surface area contributed by atoms with Crippen LogP contribution in [0.1, 0.15) is 16.5 Å². The maximum absolute atomic E-state index is 4.15. The van der Waals surface area contributed by atoms with Crippen molar-refractivity contribution in [3.8, 4) is 10.4 Å². The van der Waals surface area contributed by atoms with Crippen molar-refractivity contribution in [2.24, 2.45) is 0 Å². The SMILES string of the molecule is c1ccc(-c2ccc(CN3CCNCC3c3ccncc3)s2)cc1. The number of benzene rings is 1. The Bertz CT molecular complexity index is 770. The zero-order valence-corrected chi connectivity index (χ0v) is 14.4. The molecule has 0 spiro atoms. The van der Waals surface area contributed by atoms with Crippen molar-refractivity contribution in [2.45, 2.75) is 12.6 Å². The third-order valence-corrected chi connectivity index (χ3v) is 5.64. The number of rotatable bonds is 4. The van der Waals surface area contributed by atoms with Gasteiger partial charge in [0.2, 0.25) is 0 Å². The number of hydrogen-bond donors (Lipinski definition) is 1. The van der Waals surface area contributed by atoms with Crippen LogP contribution in [-0.4, -0.2) is 29.5 Å². The number of hydrogen-bond acceptors (Lipinski definition) is 4. The van der Waals surface area contributed by atoms with Crippen molar-refractivity contribution in [3.63, 3.8) is 0 Å². The molecule has 1 atom stereocenters. The van der Waals surface area contributed by atoms with Crippen molar-refractivity contribution in [1.29, 1.82) is 0 Å². The zero-order chi connectivity index (χ0) is 16.2. The van der Waals surface area contributed by atoms with Crippen LogP contribution in [0.4, 0.5) is 0 Å². The van der Waals surface area contributed by atoms with Gasteiger partial charge >= 0.3 is 0 Å². The summed E-state index contributed by atoms with van der Waals surface area (Å²) in [4.78, 5) is 9.50. The predicted molar refractivity (Wildman–Crippen MR) is 100 cm³/mol. The average Bonchev–Trinajstić information content (AvgIpc) is 3.12. The Morgan fingerprint density at radius 2 is 1.88 bits per heavy atom. The van der Waals surface area contributed by atoms with Gasteiger partial charge in [-0.1, -0.05) is 30.3 Å². The summed E-state index contributed by atoms with van der Waals surface area (Å²) in [5, 5.41) is 3.52. The first-order valence-electron chi connectivity index (χ1n) is 8.39. The summed E-state index contributed by atoms with van der Waals surface area (Å²) in [7, 11) is 0. The van der Waals surface area contributed by atoms with E-state index in [4.69, 9.17) is 0 Å². The molecule has 1 aliphatic rings. The van der Waals surface area contributed by atoms with Crippen LogP contribution < -0.4 is 5.32 Å². The summed E-state index contributed by atoms with van der Waals surface area (Å²) in [6.07, 6.45) is 3.78. The van der Waals surface area contributed by atoms with Crippen molar-refractivity contribution >= 4 is 11.3 Å². The predicted octanol–water partition coefficient (Wildman–Crippen LogP) is 3.96. The molecule has 4 heteroatoms. The summed E-state index contributed by atoms with van der Waals surface area (Å²) in [5.74, 6) is 0. The van der Waals surface area contributed by atoms with Crippen LogP contribution in [0.15, 0.2) is 67.0 Å². The van der Waals surface area contributed by atoms with E-state index in [0.29, 0.717) is 6.04 Å². The highest BCUT2D eigenvalue weighted by Gasteiger charge is 2.24. The van der Waals surface area contributed by atoms with Crippen LogP contribution in [0, 0.1) is 0 Å². The number of pyridine rings is 1. The Balaban J connectivity index is 1.52. The van der Waals surface area contributed by atoms with Gasteiger partial charge in [-0.2, -0.15) is 0 Å². The van der Waals surface area contributed by atoms with Crippen LogP contribution in [0.5, 0.6) is 0 Å². The van der Waals surface area contributed by atoms with E-state index in [1.165, 1.54) is 20.9 Å². The molecule has 1 unspecified atom stereocenters. The van der Waals surface area contributed by atoms with Gasteiger partial charge in [-0.25, -0.2) is 0 Å². The molecule has 4 rings (SSSR count). The smallest absolute Gasteiger partial charge is 0.0478 e. The molecule has 0 amide bonds. The molecule has 1 N–H and O–H groups in total. The van der Waals surface area contributed by atoms with E-state index in [-0.39, 0.29) is 0 Å². The average molecular weight is 335 g/mol. The molecule has 2 aromatic heterocycles. The first-order valence-corrected chi connectivity index (χ1v) is 9.20. The molecule has 0 saturated carbocycles. The molecule has 1 saturated heterocycles. The van der Waals surface area contributed by atoms with Crippen molar-refractivity contribution in [2.75, 3.05) is 19.6 Å². The Morgan fingerprint density at radius 1 is 1.04 bits per heavy atom. The van der Waals surface area contributed by atoms with Gasteiger partial charge in [0.15, 0.2) is 0 Å². The van der Waals surface area contributed by atoms with Crippen molar-refractivity contribution < 1.29 is 0 Å². The largest absolute Gasteiger partial charge is 0.314 e. The molecule has 1 aliphatic heterocycles. The lowest BCUT2D eigenvalue weighted by Crippen LogP contribution is -2.45. The molecular formula is C20H21N3S. The minimum atomic E-state index is 0.420. The third kappa shape index (κ3) is 3.41. The standard InChI is InChI=1S/C20H21N3S/c1-2-4-17(5-3-1)20-7-6-18(24-20)15-23-13-12-22-14-19(23)16-8-10-21-11-9-16/h1-11,19,22H,12-15H2. The van der Waals surface area contributed by atoms with Gasteiger partial charge in [0.25, 0.3) is 0 Å². The van der Waals surface area contributed by atoms with Gasteiger partial charge in [0.1, 0.15) is 0 Å². The maximum atomic E-state index is 4.15. The Hall–Kier alpha value is -2.01. The highest BCUT2D eigenvalue weighted by molar-refractivity contribution is 7.15. The number of nitrogens with zero attached hydrogens (tertiary/aromatic N) is 2. The molecule has 3 nitrogen and oxygen atoms in total. The summed E-state index contributed by atoms with van der Waals surface area (Å²) in [6.45, 7) is 4.14. The molecule has 24 heavy (non-hydrogen) atoms. The maximum Gasteiger partial charge on any atom is 0.0478 e. The second kappa shape index (κ2) is 7.26. The summed E-state index contributed by atoms with van der Waals surface area (Å²) in [5.41, 5.74) is 2.65. The van der Waals surface area contributed by atoms with E-state index in [1.54, 1.807) is 0 Å². The highest BCUT2D eigenvalue weighted by Crippen LogP contribution is 2.31. The summed E-state index contributed by atoms with van der Waals surface area (Å²) < 4.78 is 0. The number of aromatic nitrogens is 1. The Kier molecular flexibility index (Phi) is 4.69. The van der Waals surface area contributed by atoms with Crippen LogP contribution in [0.2, 0.25) is 0 Å². The summed E-state index contributed by atoms with van der Waals surface area (Å²) >= 11 is 1.90. The molecule has 0 aliphatic carbocycles. The lowest BCUT2D eigenvalue weighted by Gasteiger charge is -2.36. The highest BCUT2D eigenvalue weighted by atomic mass is 32.1. The molecule has 0 radical (unpaired) electrons. The van der Waals surface area contributed by atoms with Gasteiger partial charge in [-0.05, 0) is 35.4 Å². The topological polar surface area (TPSA) is 28.2 Å². The lowest BCUT2D eigenvalue weighted by molar-refractivity contribution is 0.155. The molecule has 0 bridgehead atoms. The fraction of sp³-hybridized carbons (Fsp3) is 0.250. The van der Waals surface area contributed by atoms with Crippen LogP contribution >= 0.6 is 11.3 Å². The number of nitrogens with one attached hydrogen (secondary N) is 1. The van der Waals surface area contributed by atoms with Gasteiger partial charge < -0.3 is 5.32 Å². The lowest BCUT2D eigenvalue weighted by atomic mass is 10.0. The second-order valence-electron chi connectivity index (χ2n) is 6.10. The Morgan fingerprint density at radius 3 is 2.71 bits per heavy atom.